The Kier molecular flexibility index (Phi) is 5.21. The van der Waals surface area contributed by atoms with Crippen LogP contribution in [0.25, 0.3) is 55.5 Å². The lowest BCUT2D eigenvalue weighted by atomic mass is 9.69. The molecule has 0 amide bonds. The number of nitrogens with zero attached hydrogens (tertiary/aromatic N) is 4. The summed E-state index contributed by atoms with van der Waals surface area (Å²) >= 11 is 0. The molecule has 0 saturated carbocycles. The van der Waals surface area contributed by atoms with E-state index in [2.05, 4.69) is 114 Å². The lowest BCUT2D eigenvalue weighted by Gasteiger charge is -2.31. The van der Waals surface area contributed by atoms with Gasteiger partial charge in [0, 0.05) is 23.5 Å². The highest BCUT2D eigenvalue weighted by Gasteiger charge is 2.52. The molecule has 4 heteroatoms. The van der Waals surface area contributed by atoms with Gasteiger partial charge in [-0.3, -0.25) is 9.97 Å². The van der Waals surface area contributed by atoms with Crippen molar-refractivity contribution in [3.63, 3.8) is 0 Å². The maximum absolute atomic E-state index is 9.73. The number of hydrogen-bond acceptors (Lipinski definition) is 4. The molecule has 1 spiro atoms. The zero-order valence-electron chi connectivity index (χ0n) is 24.0. The molecule has 7 aromatic rings. The standard InChI is InChI=1S/C41H22N4/c42-23-25-15-17-44-38(19-25)27-13-14-32-36(21-27)41(34-11-5-3-8-29(34)30-9-4-6-12-35(30)41)37-22-33(39-20-26(24-43)16-18-45-39)28-7-1-2-10-31(28)40(32)37/h1-22H. The van der Waals surface area contributed by atoms with Crippen molar-refractivity contribution in [3.05, 3.63) is 167 Å². The molecule has 206 valence electrons. The minimum atomic E-state index is -0.591. The second-order valence-corrected chi connectivity index (χ2v) is 11.6. The summed E-state index contributed by atoms with van der Waals surface area (Å²) in [4.78, 5) is 9.44. The maximum atomic E-state index is 9.73. The van der Waals surface area contributed by atoms with Crippen molar-refractivity contribution in [2.45, 2.75) is 5.41 Å². The fourth-order valence-electron chi connectivity index (χ4n) is 7.67. The second-order valence-electron chi connectivity index (χ2n) is 11.6. The molecule has 2 aliphatic carbocycles. The van der Waals surface area contributed by atoms with E-state index < -0.39 is 5.41 Å². The quantitative estimate of drug-likeness (QED) is 0.208. The van der Waals surface area contributed by atoms with Crippen LogP contribution in [0.5, 0.6) is 0 Å². The summed E-state index contributed by atoms with van der Waals surface area (Å²) < 4.78 is 0. The Morgan fingerprint density at radius 3 is 1.76 bits per heavy atom. The summed E-state index contributed by atoms with van der Waals surface area (Å²) in [6.45, 7) is 0. The number of nitriles is 2. The molecule has 45 heavy (non-hydrogen) atoms. The van der Waals surface area contributed by atoms with E-state index in [-0.39, 0.29) is 0 Å². The van der Waals surface area contributed by atoms with Crippen molar-refractivity contribution in [1.82, 2.24) is 9.97 Å². The van der Waals surface area contributed by atoms with Crippen molar-refractivity contribution in [2.24, 2.45) is 0 Å². The summed E-state index contributed by atoms with van der Waals surface area (Å²) in [5.41, 5.74) is 13.8. The van der Waals surface area contributed by atoms with E-state index in [4.69, 9.17) is 4.98 Å². The molecule has 0 aliphatic heterocycles. The summed E-state index contributed by atoms with van der Waals surface area (Å²) in [5, 5.41) is 21.6. The largest absolute Gasteiger partial charge is 0.256 e. The Labute approximate surface area is 260 Å². The highest BCUT2D eigenvalue weighted by Crippen LogP contribution is 2.64. The van der Waals surface area contributed by atoms with Gasteiger partial charge in [-0.15, -0.1) is 0 Å². The van der Waals surface area contributed by atoms with Crippen molar-refractivity contribution < 1.29 is 0 Å². The van der Waals surface area contributed by atoms with Gasteiger partial charge in [-0.2, -0.15) is 10.5 Å². The van der Waals surface area contributed by atoms with Gasteiger partial charge in [-0.05, 0) is 91.7 Å². The van der Waals surface area contributed by atoms with Crippen LogP contribution in [0.1, 0.15) is 33.4 Å². The zero-order valence-corrected chi connectivity index (χ0v) is 24.0. The van der Waals surface area contributed by atoms with Crippen molar-refractivity contribution in [3.8, 4) is 56.9 Å². The van der Waals surface area contributed by atoms with Crippen LogP contribution < -0.4 is 0 Å². The van der Waals surface area contributed by atoms with Gasteiger partial charge < -0.3 is 0 Å². The molecular weight excluding hydrogens is 548 g/mol. The highest BCUT2D eigenvalue weighted by molar-refractivity contribution is 6.11. The van der Waals surface area contributed by atoms with Gasteiger partial charge in [-0.1, -0.05) is 84.9 Å². The lowest BCUT2D eigenvalue weighted by Crippen LogP contribution is -2.26. The van der Waals surface area contributed by atoms with Gasteiger partial charge in [0.1, 0.15) is 0 Å². The maximum Gasteiger partial charge on any atom is 0.0992 e. The molecule has 0 bridgehead atoms. The predicted molar refractivity (Wildman–Crippen MR) is 176 cm³/mol. The average molecular weight is 571 g/mol. The van der Waals surface area contributed by atoms with Crippen molar-refractivity contribution in [1.29, 1.82) is 10.5 Å². The van der Waals surface area contributed by atoms with Crippen LogP contribution in [0.2, 0.25) is 0 Å². The topological polar surface area (TPSA) is 73.4 Å². The first-order valence-electron chi connectivity index (χ1n) is 14.9. The highest BCUT2D eigenvalue weighted by atomic mass is 14.7. The summed E-state index contributed by atoms with van der Waals surface area (Å²) in [6.07, 6.45) is 3.42. The molecule has 5 aromatic carbocycles. The Morgan fingerprint density at radius 1 is 0.467 bits per heavy atom. The minimum Gasteiger partial charge on any atom is -0.256 e. The number of rotatable bonds is 2. The molecule has 4 nitrogen and oxygen atoms in total. The van der Waals surface area contributed by atoms with Crippen LogP contribution in [0, 0.1) is 22.7 Å². The van der Waals surface area contributed by atoms with Gasteiger partial charge in [0.05, 0.1) is 40.1 Å². The fourth-order valence-corrected chi connectivity index (χ4v) is 7.67. The van der Waals surface area contributed by atoms with E-state index in [0.29, 0.717) is 11.1 Å². The fraction of sp³-hybridized carbons (Fsp3) is 0.0244. The normalized spacial score (nSPS) is 13.0. The van der Waals surface area contributed by atoms with E-state index >= 15 is 0 Å². The molecule has 2 aromatic heterocycles. The Hall–Kier alpha value is -6.36. The van der Waals surface area contributed by atoms with E-state index in [1.807, 2.05) is 12.1 Å². The Morgan fingerprint density at radius 2 is 1.07 bits per heavy atom. The Balaban J connectivity index is 1.46. The van der Waals surface area contributed by atoms with E-state index in [1.165, 1.54) is 44.5 Å². The first-order valence-corrected chi connectivity index (χ1v) is 14.9. The third kappa shape index (κ3) is 3.34. The molecule has 9 rings (SSSR count). The summed E-state index contributed by atoms with van der Waals surface area (Å²) in [6, 6.07) is 46.7. The van der Waals surface area contributed by atoms with E-state index in [1.54, 1.807) is 24.5 Å². The molecular formula is C41H22N4. The lowest BCUT2D eigenvalue weighted by molar-refractivity contribution is 0.795. The van der Waals surface area contributed by atoms with Crippen LogP contribution in [-0.2, 0) is 5.41 Å². The van der Waals surface area contributed by atoms with Crippen LogP contribution in [-0.4, -0.2) is 9.97 Å². The number of benzene rings is 5. The monoisotopic (exact) mass is 570 g/mol. The van der Waals surface area contributed by atoms with Gasteiger partial charge in [0.15, 0.2) is 0 Å². The molecule has 0 unspecified atom stereocenters. The number of pyridine rings is 2. The predicted octanol–water partition coefficient (Wildman–Crippen LogP) is 9.05. The molecule has 0 atom stereocenters. The molecule has 0 radical (unpaired) electrons. The minimum absolute atomic E-state index is 0.580. The molecule has 2 aliphatic rings. The second kappa shape index (κ2) is 9.32. The van der Waals surface area contributed by atoms with Crippen LogP contribution in [0.15, 0.2) is 134 Å². The van der Waals surface area contributed by atoms with Gasteiger partial charge in [-0.25, -0.2) is 0 Å². The third-order valence-corrected chi connectivity index (χ3v) is 9.44. The Bertz CT molecular complexity index is 2430. The third-order valence-electron chi connectivity index (χ3n) is 9.44. The first kappa shape index (κ1) is 25.2. The number of fused-ring (bicyclic) bond motifs is 12. The van der Waals surface area contributed by atoms with Gasteiger partial charge in [0.2, 0.25) is 0 Å². The summed E-state index contributed by atoms with van der Waals surface area (Å²) in [7, 11) is 0. The van der Waals surface area contributed by atoms with Crippen molar-refractivity contribution >= 4 is 10.8 Å². The number of hydrogen-bond donors (Lipinski definition) is 0. The molecule has 0 fully saturated rings. The zero-order chi connectivity index (χ0) is 30.1. The first-order chi connectivity index (χ1) is 22.2. The van der Waals surface area contributed by atoms with Crippen molar-refractivity contribution in [2.75, 3.05) is 0 Å². The molecule has 0 saturated heterocycles. The van der Waals surface area contributed by atoms with Crippen LogP contribution in [0.3, 0.4) is 0 Å². The van der Waals surface area contributed by atoms with Gasteiger partial charge >= 0.3 is 0 Å². The van der Waals surface area contributed by atoms with Gasteiger partial charge in [0.25, 0.3) is 0 Å². The number of aromatic nitrogens is 2. The van der Waals surface area contributed by atoms with Crippen LogP contribution >= 0.6 is 0 Å². The summed E-state index contributed by atoms with van der Waals surface area (Å²) in [5.74, 6) is 0. The van der Waals surface area contributed by atoms with Crippen LogP contribution in [0.4, 0.5) is 0 Å². The SMILES string of the molecule is N#Cc1ccnc(-c2ccc3c(c2)C2(c4ccccc4-c4ccccc42)c2cc(-c4cc(C#N)ccn4)c4ccccc4c2-3)c1. The average Bonchev–Trinajstić information content (AvgIpc) is 3.58. The van der Waals surface area contributed by atoms with E-state index in [9.17, 15) is 10.5 Å². The van der Waals surface area contributed by atoms with E-state index in [0.717, 1.165) is 33.3 Å². The molecule has 2 heterocycles. The molecule has 0 N–H and O–H groups in total. The smallest absolute Gasteiger partial charge is 0.0992 e.